The Morgan fingerprint density at radius 3 is 2.62 bits per heavy atom. The van der Waals surface area contributed by atoms with Gasteiger partial charge >= 0.3 is 0 Å². The zero-order valence-corrected chi connectivity index (χ0v) is 7.65. The topological polar surface area (TPSA) is 30.7 Å². The van der Waals surface area contributed by atoms with E-state index in [0.717, 1.165) is 11.0 Å². The predicted octanol–water partition coefficient (Wildman–Crippen LogP) is 2.63. The standard InChI is InChI=1S/C7H7N3.C2H6.CH4/c1-10-3-2-6-4-8-5-9-7(6)10;1-2;/h2-5H,1H3;1-2H3;1H4. The Morgan fingerprint density at radius 2 is 2.00 bits per heavy atom. The van der Waals surface area contributed by atoms with Gasteiger partial charge in [0.1, 0.15) is 12.0 Å². The fourth-order valence-electron chi connectivity index (χ4n) is 1.01. The minimum Gasteiger partial charge on any atom is -0.335 e. The summed E-state index contributed by atoms with van der Waals surface area (Å²) in [6.45, 7) is 4.00. The minimum atomic E-state index is 0. The molecule has 72 valence electrons. The SMILES string of the molecule is C.CC.Cn1ccc2cncnc21. The third-order valence-corrected chi connectivity index (χ3v) is 1.53. The maximum absolute atomic E-state index is 4.09. The summed E-state index contributed by atoms with van der Waals surface area (Å²) < 4.78 is 1.97. The molecular formula is C10H17N3. The molecule has 13 heavy (non-hydrogen) atoms. The maximum Gasteiger partial charge on any atom is 0.143 e. The molecular weight excluding hydrogens is 162 g/mol. The molecule has 0 aromatic carbocycles. The van der Waals surface area contributed by atoms with Crippen molar-refractivity contribution in [2.24, 2.45) is 7.05 Å². The van der Waals surface area contributed by atoms with Crippen molar-refractivity contribution < 1.29 is 0 Å². The van der Waals surface area contributed by atoms with Crippen molar-refractivity contribution in [1.29, 1.82) is 0 Å². The molecule has 0 spiro atoms. The minimum absolute atomic E-state index is 0. The van der Waals surface area contributed by atoms with Gasteiger partial charge in [0, 0.05) is 24.8 Å². The maximum atomic E-state index is 4.09. The average molecular weight is 179 g/mol. The Morgan fingerprint density at radius 1 is 1.31 bits per heavy atom. The average Bonchev–Trinajstić information content (AvgIpc) is 2.53. The fourth-order valence-corrected chi connectivity index (χ4v) is 1.01. The molecule has 0 aliphatic carbocycles. The molecule has 0 unspecified atom stereocenters. The van der Waals surface area contributed by atoms with Crippen molar-refractivity contribution >= 4 is 11.0 Å². The summed E-state index contributed by atoms with van der Waals surface area (Å²) in [4.78, 5) is 7.99. The first kappa shape index (κ1) is 11.6. The summed E-state index contributed by atoms with van der Waals surface area (Å²) in [6.07, 6.45) is 5.34. The second-order valence-corrected chi connectivity index (χ2v) is 2.23. The largest absolute Gasteiger partial charge is 0.335 e. The monoisotopic (exact) mass is 179 g/mol. The van der Waals surface area contributed by atoms with Gasteiger partial charge in [-0.3, -0.25) is 0 Å². The van der Waals surface area contributed by atoms with Crippen LogP contribution in [0.2, 0.25) is 0 Å². The van der Waals surface area contributed by atoms with Gasteiger partial charge in [0.25, 0.3) is 0 Å². The second-order valence-electron chi connectivity index (χ2n) is 2.23. The van der Waals surface area contributed by atoms with Crippen LogP contribution in [-0.4, -0.2) is 14.5 Å². The van der Waals surface area contributed by atoms with Crippen LogP contribution >= 0.6 is 0 Å². The van der Waals surface area contributed by atoms with E-state index in [0.29, 0.717) is 0 Å². The number of hydrogen-bond donors (Lipinski definition) is 0. The number of fused-ring (bicyclic) bond motifs is 1. The van der Waals surface area contributed by atoms with Crippen molar-refractivity contribution in [3.63, 3.8) is 0 Å². The third kappa shape index (κ3) is 2.28. The smallest absolute Gasteiger partial charge is 0.143 e. The zero-order chi connectivity index (χ0) is 8.97. The highest BCUT2D eigenvalue weighted by Gasteiger charge is 1.94. The van der Waals surface area contributed by atoms with Gasteiger partial charge in [-0.15, -0.1) is 0 Å². The molecule has 0 bridgehead atoms. The Balaban J connectivity index is 0.000000451. The quantitative estimate of drug-likeness (QED) is 0.622. The predicted molar refractivity (Wildman–Crippen MR) is 56.6 cm³/mol. The lowest BCUT2D eigenvalue weighted by Crippen LogP contribution is -1.86. The molecule has 3 heteroatoms. The second kappa shape index (κ2) is 5.30. The van der Waals surface area contributed by atoms with Crippen LogP contribution in [0.4, 0.5) is 0 Å². The Labute approximate surface area is 79.4 Å². The number of aromatic nitrogens is 3. The molecule has 0 fully saturated rings. The molecule has 3 nitrogen and oxygen atoms in total. The molecule has 0 saturated heterocycles. The van der Waals surface area contributed by atoms with E-state index in [2.05, 4.69) is 9.97 Å². The molecule has 0 amide bonds. The Bertz CT molecular complexity index is 352. The summed E-state index contributed by atoms with van der Waals surface area (Å²) in [6, 6.07) is 2.00. The summed E-state index contributed by atoms with van der Waals surface area (Å²) in [5.41, 5.74) is 0.981. The molecule has 2 heterocycles. The van der Waals surface area contributed by atoms with Crippen molar-refractivity contribution in [1.82, 2.24) is 14.5 Å². The van der Waals surface area contributed by atoms with Crippen molar-refractivity contribution in [2.75, 3.05) is 0 Å². The van der Waals surface area contributed by atoms with Crippen molar-refractivity contribution in [2.45, 2.75) is 21.3 Å². The lowest BCUT2D eigenvalue weighted by Gasteiger charge is -1.90. The first-order chi connectivity index (χ1) is 5.88. The molecule has 2 rings (SSSR count). The fraction of sp³-hybridized carbons (Fsp3) is 0.400. The summed E-state index contributed by atoms with van der Waals surface area (Å²) in [5, 5.41) is 1.09. The van der Waals surface area contributed by atoms with Gasteiger partial charge in [-0.25, -0.2) is 9.97 Å². The van der Waals surface area contributed by atoms with Crippen LogP contribution in [0.25, 0.3) is 11.0 Å². The van der Waals surface area contributed by atoms with E-state index in [-0.39, 0.29) is 7.43 Å². The first-order valence-electron chi connectivity index (χ1n) is 4.09. The van der Waals surface area contributed by atoms with Gasteiger partial charge in [-0.1, -0.05) is 21.3 Å². The molecule has 0 aliphatic heterocycles. The molecule has 0 aliphatic rings. The summed E-state index contributed by atoms with van der Waals surface area (Å²) in [5.74, 6) is 0. The molecule has 2 aromatic rings. The van der Waals surface area contributed by atoms with Gasteiger partial charge in [0.2, 0.25) is 0 Å². The number of aryl methyl sites for hydroxylation is 1. The number of hydrogen-bond acceptors (Lipinski definition) is 2. The third-order valence-electron chi connectivity index (χ3n) is 1.53. The van der Waals surface area contributed by atoms with E-state index in [9.17, 15) is 0 Å². The lowest BCUT2D eigenvalue weighted by atomic mass is 10.4. The Kier molecular flexibility index (Phi) is 4.74. The van der Waals surface area contributed by atoms with Crippen LogP contribution in [0.1, 0.15) is 21.3 Å². The molecule has 0 radical (unpaired) electrons. The van der Waals surface area contributed by atoms with E-state index >= 15 is 0 Å². The summed E-state index contributed by atoms with van der Waals surface area (Å²) in [7, 11) is 1.97. The normalized spacial score (nSPS) is 8.54. The highest BCUT2D eigenvalue weighted by Crippen LogP contribution is 2.07. The van der Waals surface area contributed by atoms with E-state index in [4.69, 9.17) is 0 Å². The molecule has 0 saturated carbocycles. The van der Waals surface area contributed by atoms with Gasteiger partial charge in [-0.05, 0) is 6.07 Å². The first-order valence-corrected chi connectivity index (χ1v) is 4.09. The number of rotatable bonds is 0. The molecule has 0 N–H and O–H groups in total. The van der Waals surface area contributed by atoms with Crippen LogP contribution in [0.5, 0.6) is 0 Å². The van der Waals surface area contributed by atoms with Crippen LogP contribution in [0, 0.1) is 0 Å². The van der Waals surface area contributed by atoms with E-state index in [1.165, 1.54) is 0 Å². The van der Waals surface area contributed by atoms with E-state index in [1.54, 1.807) is 6.33 Å². The highest BCUT2D eigenvalue weighted by atomic mass is 15.0. The lowest BCUT2D eigenvalue weighted by molar-refractivity contribution is 0.943. The van der Waals surface area contributed by atoms with Crippen LogP contribution in [-0.2, 0) is 7.05 Å². The zero-order valence-electron chi connectivity index (χ0n) is 7.65. The highest BCUT2D eigenvalue weighted by molar-refractivity contribution is 5.74. The Hall–Kier alpha value is -1.38. The van der Waals surface area contributed by atoms with Gasteiger partial charge in [-0.2, -0.15) is 0 Å². The molecule has 2 aromatic heterocycles. The molecule has 0 atom stereocenters. The van der Waals surface area contributed by atoms with Gasteiger partial charge in [0.05, 0.1) is 0 Å². The van der Waals surface area contributed by atoms with Gasteiger partial charge < -0.3 is 4.57 Å². The number of nitrogens with zero attached hydrogens (tertiary/aromatic N) is 3. The van der Waals surface area contributed by atoms with E-state index < -0.39 is 0 Å². The van der Waals surface area contributed by atoms with E-state index in [1.807, 2.05) is 43.9 Å². The van der Waals surface area contributed by atoms with Crippen LogP contribution in [0.3, 0.4) is 0 Å². The summed E-state index contributed by atoms with van der Waals surface area (Å²) >= 11 is 0. The van der Waals surface area contributed by atoms with Crippen molar-refractivity contribution in [3.8, 4) is 0 Å². The van der Waals surface area contributed by atoms with Gasteiger partial charge in [0.15, 0.2) is 0 Å². The van der Waals surface area contributed by atoms with Crippen molar-refractivity contribution in [3.05, 3.63) is 24.8 Å². The van der Waals surface area contributed by atoms with Crippen LogP contribution in [0.15, 0.2) is 24.8 Å². The van der Waals surface area contributed by atoms with Crippen LogP contribution < -0.4 is 0 Å².